The first-order chi connectivity index (χ1) is 41.3. The molecule has 0 N–H and O–H groups in total. The van der Waals surface area contributed by atoms with Crippen LogP contribution in [0.4, 0.5) is 39.8 Å². The van der Waals surface area contributed by atoms with Crippen molar-refractivity contribution in [3.8, 4) is 44.5 Å². The topological polar surface area (TPSA) is 9.72 Å². The molecule has 4 heterocycles. The van der Waals surface area contributed by atoms with E-state index in [1.165, 1.54) is 176 Å². The zero-order valence-electron chi connectivity index (χ0n) is 49.7. The van der Waals surface area contributed by atoms with E-state index in [-0.39, 0.29) is 17.5 Å². The SMILES string of the molecule is CC(C)(C)c1cc2ccc3cc(C(C)(C)C)cc4c(-c5ccc6c(c5)N(c5ccc(-c7ccccc7)cc5)c5cc(N7C8CC9CC(C8)CC7C9)cc7c5B6c5cc(-c6ccccc6)ccc5N7c5ccc(-c6ccccc6)cc5)cc(c1)c2c34. The van der Waals surface area contributed by atoms with Crippen LogP contribution in [0, 0.1) is 11.8 Å². The Kier molecular flexibility index (Phi) is 11.2. The van der Waals surface area contributed by atoms with Gasteiger partial charge in [0.15, 0.2) is 0 Å². The lowest BCUT2D eigenvalue weighted by atomic mass is 9.33. The summed E-state index contributed by atoms with van der Waals surface area (Å²) in [6.45, 7) is 14.1. The number of benzene rings is 12. The van der Waals surface area contributed by atoms with Gasteiger partial charge in [-0.25, -0.2) is 0 Å². The second-order valence-electron chi connectivity index (χ2n) is 27.8. The van der Waals surface area contributed by atoms with Gasteiger partial charge in [-0.15, -0.1) is 0 Å². The number of anilines is 7. The normalized spacial score (nSPS) is 18.6. The molecule has 4 bridgehead atoms. The highest BCUT2D eigenvalue weighted by atomic mass is 15.2. The Morgan fingerprint density at radius 1 is 0.341 bits per heavy atom. The van der Waals surface area contributed by atoms with Gasteiger partial charge in [0, 0.05) is 51.9 Å². The Morgan fingerprint density at radius 3 is 1.36 bits per heavy atom. The molecule has 0 spiro atoms. The molecule has 4 heteroatoms. The van der Waals surface area contributed by atoms with Gasteiger partial charge in [0.25, 0.3) is 6.71 Å². The van der Waals surface area contributed by atoms with E-state index in [9.17, 15) is 0 Å². The predicted molar refractivity (Wildman–Crippen MR) is 363 cm³/mol. The van der Waals surface area contributed by atoms with Crippen LogP contribution in [0.3, 0.4) is 0 Å². The van der Waals surface area contributed by atoms with Crippen LogP contribution in [-0.4, -0.2) is 18.8 Å². The molecule has 12 aromatic carbocycles. The van der Waals surface area contributed by atoms with Gasteiger partial charge in [-0.2, -0.15) is 0 Å². The highest BCUT2D eigenvalue weighted by Crippen LogP contribution is 2.54. The minimum atomic E-state index is -0.0602. The van der Waals surface area contributed by atoms with Crippen LogP contribution < -0.4 is 31.1 Å². The van der Waals surface area contributed by atoms with Crippen LogP contribution in [-0.2, 0) is 10.8 Å². The van der Waals surface area contributed by atoms with E-state index >= 15 is 0 Å². The van der Waals surface area contributed by atoms with Gasteiger partial charge in [0.1, 0.15) is 0 Å². The van der Waals surface area contributed by atoms with E-state index in [2.05, 4.69) is 287 Å². The summed E-state index contributed by atoms with van der Waals surface area (Å²) in [6.07, 6.45) is 6.59. The lowest BCUT2D eigenvalue weighted by molar-refractivity contribution is 0.0900. The van der Waals surface area contributed by atoms with E-state index < -0.39 is 0 Å². The largest absolute Gasteiger partial charge is 0.365 e. The minimum Gasteiger partial charge on any atom is -0.365 e. The van der Waals surface area contributed by atoms with Crippen molar-refractivity contribution in [3.63, 3.8) is 0 Å². The molecule has 0 unspecified atom stereocenters. The lowest BCUT2D eigenvalue weighted by Crippen LogP contribution is -2.62. The molecule has 4 fully saturated rings. The number of fused-ring (bicyclic) bond motifs is 4. The van der Waals surface area contributed by atoms with Crippen LogP contribution >= 0.6 is 0 Å². The van der Waals surface area contributed by atoms with Crippen molar-refractivity contribution in [2.45, 2.75) is 96.6 Å². The summed E-state index contributed by atoms with van der Waals surface area (Å²) in [5.41, 5.74) is 25.2. The second-order valence-corrected chi connectivity index (χ2v) is 27.8. The van der Waals surface area contributed by atoms with Gasteiger partial charge in [-0.3, -0.25) is 0 Å². The van der Waals surface area contributed by atoms with Crippen molar-refractivity contribution in [2.75, 3.05) is 14.7 Å². The van der Waals surface area contributed by atoms with Gasteiger partial charge in [-0.05, 0) is 220 Å². The lowest BCUT2D eigenvalue weighted by Gasteiger charge is -2.58. The highest BCUT2D eigenvalue weighted by Gasteiger charge is 2.49. The van der Waals surface area contributed by atoms with Crippen LogP contribution in [0.2, 0.25) is 0 Å². The Hall–Kier alpha value is -8.86. The average molecular weight is 1100 g/mol. The zero-order chi connectivity index (χ0) is 57.0. The van der Waals surface area contributed by atoms with Crippen LogP contribution in [0.5, 0.6) is 0 Å². The summed E-state index contributed by atoms with van der Waals surface area (Å²) in [5.74, 6) is 1.68. The van der Waals surface area contributed by atoms with Gasteiger partial charge in [0.05, 0.1) is 0 Å². The molecule has 2 saturated heterocycles. The fourth-order valence-corrected chi connectivity index (χ4v) is 16.5. The van der Waals surface area contributed by atoms with Crippen LogP contribution in [0.15, 0.2) is 231 Å². The summed E-state index contributed by atoms with van der Waals surface area (Å²) >= 11 is 0. The maximum Gasteiger partial charge on any atom is 0.252 e. The van der Waals surface area contributed by atoms with Gasteiger partial charge >= 0.3 is 0 Å². The number of piperidine rings is 2. The standard InChI is InChI=1S/C81H70BN3/c1-80(2,3)62-41-59-22-23-60-42-63(81(4,5)6)47-70-69(44-61(43-62)77(59)78(60)70)58-28-34-71-74(46-58)85(65-32-26-56(27-33-65)53-18-12-8-13-19-53)76-49-68(83-66-37-50-36-51(39-66)40-67(83)38-50)48-75-79(76)82(71)72-45-57(54-20-14-9-15-21-54)29-35-73(72)84(75)64-30-24-55(25-31-64)52-16-10-7-11-17-52/h7-35,41-51,66-67H,36-40H2,1-6H3. The molecule has 3 nitrogen and oxygen atoms in total. The molecule has 0 amide bonds. The maximum atomic E-state index is 2.93. The first-order valence-electron chi connectivity index (χ1n) is 31.3. The molecule has 85 heavy (non-hydrogen) atoms. The highest BCUT2D eigenvalue weighted by molar-refractivity contribution is 7.00. The second kappa shape index (κ2) is 18.8. The summed E-state index contributed by atoms with van der Waals surface area (Å²) in [6, 6.07) is 90.2. The van der Waals surface area contributed by atoms with Crippen LogP contribution in [0.25, 0.3) is 76.8 Å². The molecule has 6 aliphatic rings. The number of rotatable bonds is 7. The average Bonchev–Trinajstić information content (AvgIpc) is 0.875. The Bertz CT molecular complexity index is 4580. The Balaban J connectivity index is 0.957. The zero-order valence-corrected chi connectivity index (χ0v) is 49.7. The first-order valence-corrected chi connectivity index (χ1v) is 31.3. The fraction of sp³-hybridized carbons (Fsp3) is 0.210. The molecule has 18 rings (SSSR count). The van der Waals surface area contributed by atoms with Crippen molar-refractivity contribution in [1.82, 2.24) is 0 Å². The summed E-state index contributed by atoms with van der Waals surface area (Å²) < 4.78 is 0. The Morgan fingerprint density at radius 2 is 0.812 bits per heavy atom. The van der Waals surface area contributed by atoms with E-state index in [1.807, 2.05) is 0 Å². The number of hydrogen-bond acceptors (Lipinski definition) is 3. The quantitative estimate of drug-likeness (QED) is 0.116. The summed E-state index contributed by atoms with van der Waals surface area (Å²) in [7, 11) is 0. The van der Waals surface area contributed by atoms with E-state index in [1.54, 1.807) is 0 Å². The van der Waals surface area contributed by atoms with Crippen molar-refractivity contribution in [1.29, 1.82) is 0 Å². The molecular weight excluding hydrogens is 1030 g/mol. The molecule has 0 atom stereocenters. The minimum absolute atomic E-state index is 0.0113. The molecule has 12 aromatic rings. The predicted octanol–water partition coefficient (Wildman–Crippen LogP) is 19.7. The third-order valence-corrected chi connectivity index (χ3v) is 20.5. The molecule has 412 valence electrons. The Labute approximate surface area is 501 Å². The van der Waals surface area contributed by atoms with Crippen molar-refractivity contribution in [2.24, 2.45) is 11.8 Å². The van der Waals surface area contributed by atoms with E-state index in [4.69, 9.17) is 0 Å². The van der Waals surface area contributed by atoms with E-state index in [0.29, 0.717) is 12.1 Å². The first kappa shape index (κ1) is 50.6. The molecule has 2 saturated carbocycles. The monoisotopic (exact) mass is 1100 g/mol. The third-order valence-electron chi connectivity index (χ3n) is 20.5. The van der Waals surface area contributed by atoms with Crippen molar-refractivity contribution >= 4 is 95.2 Å². The van der Waals surface area contributed by atoms with E-state index in [0.717, 1.165) is 11.8 Å². The summed E-state index contributed by atoms with van der Waals surface area (Å²) in [4.78, 5) is 8.24. The maximum absolute atomic E-state index is 2.93. The molecule has 2 aliphatic carbocycles. The summed E-state index contributed by atoms with van der Waals surface area (Å²) in [5, 5.41) is 7.98. The van der Waals surface area contributed by atoms with Crippen molar-refractivity contribution in [3.05, 3.63) is 242 Å². The molecule has 0 aromatic heterocycles. The van der Waals surface area contributed by atoms with Crippen molar-refractivity contribution < 1.29 is 0 Å². The fourth-order valence-electron chi connectivity index (χ4n) is 16.5. The number of hydrogen-bond donors (Lipinski definition) is 0. The number of nitrogens with zero attached hydrogens (tertiary/aromatic N) is 3. The van der Waals surface area contributed by atoms with Gasteiger partial charge in [0.2, 0.25) is 0 Å². The smallest absolute Gasteiger partial charge is 0.252 e. The van der Waals surface area contributed by atoms with Crippen LogP contribution in [0.1, 0.15) is 84.8 Å². The molecule has 0 radical (unpaired) electrons. The van der Waals surface area contributed by atoms with Gasteiger partial charge in [-0.1, -0.05) is 211 Å². The van der Waals surface area contributed by atoms with Gasteiger partial charge < -0.3 is 14.7 Å². The molecular formula is C81H70BN3. The third kappa shape index (κ3) is 8.15. The molecule has 4 aliphatic heterocycles.